The second-order valence-electron chi connectivity index (χ2n) is 7.18. The molecule has 0 saturated carbocycles. The maximum Gasteiger partial charge on any atom is 0.271 e. The van der Waals surface area contributed by atoms with Crippen molar-refractivity contribution in [2.75, 3.05) is 7.11 Å². The summed E-state index contributed by atoms with van der Waals surface area (Å²) >= 11 is 0. The monoisotopic (exact) mass is 425 g/mol. The Labute approximate surface area is 186 Å². The molecule has 3 aromatic carbocycles. The molecule has 0 aliphatic rings. The number of carbonyl (C=O) groups is 1. The van der Waals surface area contributed by atoms with Crippen LogP contribution in [0.1, 0.15) is 28.4 Å². The maximum absolute atomic E-state index is 12.4. The fraction of sp³-hybridized carbons (Fsp3) is 0.115. The third-order valence-electron chi connectivity index (χ3n) is 5.04. The summed E-state index contributed by atoms with van der Waals surface area (Å²) in [4.78, 5) is 16.8. The molecule has 0 aliphatic carbocycles. The number of amides is 1. The standard InChI is InChI=1S/C26H23N3O3/c1-18(20-12-14-23(31-2)15-13-20)28-29-26(30)22-10-8-19(9-11-22)17-32-24-7-3-5-21-6-4-16-27-25(21)24/h3-16H,17H2,1-2H3,(H,29,30)/b28-18+. The molecule has 1 amide bonds. The molecule has 6 nitrogen and oxygen atoms in total. The SMILES string of the molecule is COc1ccc(/C(C)=N/NC(=O)c2ccc(COc3cccc4cccnc34)cc2)cc1. The number of pyridine rings is 1. The summed E-state index contributed by atoms with van der Waals surface area (Å²) in [7, 11) is 1.62. The van der Waals surface area contributed by atoms with E-state index in [1.54, 1.807) is 25.4 Å². The first kappa shape index (κ1) is 21.1. The van der Waals surface area contributed by atoms with Crippen LogP contribution in [0.5, 0.6) is 11.5 Å². The van der Waals surface area contributed by atoms with Crippen LogP contribution in [-0.4, -0.2) is 23.7 Å². The van der Waals surface area contributed by atoms with Crippen molar-refractivity contribution < 1.29 is 14.3 Å². The molecule has 0 spiro atoms. The number of hydrogen-bond donors (Lipinski definition) is 1. The highest BCUT2D eigenvalue weighted by Gasteiger charge is 2.07. The molecule has 32 heavy (non-hydrogen) atoms. The molecule has 0 fully saturated rings. The van der Waals surface area contributed by atoms with E-state index in [9.17, 15) is 4.79 Å². The first-order valence-electron chi connectivity index (χ1n) is 10.2. The van der Waals surface area contributed by atoms with E-state index in [4.69, 9.17) is 9.47 Å². The van der Waals surface area contributed by atoms with E-state index in [1.807, 2.05) is 73.7 Å². The van der Waals surface area contributed by atoms with Gasteiger partial charge in [0.05, 0.1) is 12.8 Å². The van der Waals surface area contributed by atoms with E-state index in [-0.39, 0.29) is 5.91 Å². The van der Waals surface area contributed by atoms with Gasteiger partial charge in [-0.05, 0) is 66.6 Å². The Hall–Kier alpha value is -4.19. The van der Waals surface area contributed by atoms with Crippen molar-refractivity contribution in [1.29, 1.82) is 0 Å². The number of rotatable bonds is 7. The van der Waals surface area contributed by atoms with Crippen molar-refractivity contribution in [2.24, 2.45) is 5.10 Å². The van der Waals surface area contributed by atoms with Gasteiger partial charge >= 0.3 is 0 Å². The summed E-state index contributed by atoms with van der Waals surface area (Å²) in [5.74, 6) is 1.23. The van der Waals surface area contributed by atoms with E-state index < -0.39 is 0 Å². The van der Waals surface area contributed by atoms with Crippen LogP contribution in [0, 0.1) is 0 Å². The summed E-state index contributed by atoms with van der Waals surface area (Å²) in [6, 6.07) is 24.5. The molecular formula is C26H23N3O3. The van der Waals surface area contributed by atoms with Gasteiger partial charge in [0.15, 0.2) is 0 Å². The minimum atomic E-state index is -0.274. The van der Waals surface area contributed by atoms with Crippen LogP contribution in [0.25, 0.3) is 10.9 Å². The predicted octanol–water partition coefficient (Wildman–Crippen LogP) is 4.98. The Morgan fingerprint density at radius 2 is 1.66 bits per heavy atom. The fourth-order valence-electron chi connectivity index (χ4n) is 3.20. The van der Waals surface area contributed by atoms with E-state index in [0.29, 0.717) is 17.9 Å². The van der Waals surface area contributed by atoms with Crippen LogP contribution in [0.4, 0.5) is 0 Å². The lowest BCUT2D eigenvalue weighted by Gasteiger charge is -2.09. The topological polar surface area (TPSA) is 72.8 Å². The molecule has 6 heteroatoms. The molecule has 1 N–H and O–H groups in total. The molecule has 4 aromatic rings. The highest BCUT2D eigenvalue weighted by Crippen LogP contribution is 2.24. The average Bonchev–Trinajstić information content (AvgIpc) is 2.86. The van der Waals surface area contributed by atoms with Gasteiger partial charge in [-0.15, -0.1) is 0 Å². The zero-order chi connectivity index (χ0) is 22.3. The number of ether oxygens (including phenoxy) is 2. The number of nitrogens with one attached hydrogen (secondary N) is 1. The first-order valence-corrected chi connectivity index (χ1v) is 10.2. The quantitative estimate of drug-likeness (QED) is 0.335. The zero-order valence-corrected chi connectivity index (χ0v) is 17.9. The van der Waals surface area contributed by atoms with Crippen molar-refractivity contribution >= 4 is 22.5 Å². The average molecular weight is 425 g/mol. The molecule has 0 aliphatic heterocycles. The Morgan fingerprint density at radius 3 is 2.41 bits per heavy atom. The molecule has 0 bridgehead atoms. The molecule has 160 valence electrons. The third-order valence-corrected chi connectivity index (χ3v) is 5.04. The smallest absolute Gasteiger partial charge is 0.271 e. The largest absolute Gasteiger partial charge is 0.497 e. The summed E-state index contributed by atoms with van der Waals surface area (Å²) in [6.07, 6.45) is 1.75. The number of benzene rings is 3. The lowest BCUT2D eigenvalue weighted by atomic mass is 10.1. The van der Waals surface area contributed by atoms with Crippen LogP contribution >= 0.6 is 0 Å². The van der Waals surface area contributed by atoms with Gasteiger partial charge < -0.3 is 9.47 Å². The van der Waals surface area contributed by atoms with Gasteiger partial charge in [0.2, 0.25) is 0 Å². The normalized spacial score (nSPS) is 11.2. The van der Waals surface area contributed by atoms with Gasteiger partial charge in [-0.25, -0.2) is 5.43 Å². The van der Waals surface area contributed by atoms with Crippen LogP contribution in [0.3, 0.4) is 0 Å². The van der Waals surface area contributed by atoms with Crippen LogP contribution in [-0.2, 0) is 6.61 Å². The maximum atomic E-state index is 12.4. The van der Waals surface area contributed by atoms with Gasteiger partial charge in [-0.2, -0.15) is 5.10 Å². The van der Waals surface area contributed by atoms with Crippen molar-refractivity contribution in [3.63, 3.8) is 0 Å². The Morgan fingerprint density at radius 1 is 0.938 bits per heavy atom. The minimum absolute atomic E-state index is 0.274. The summed E-state index contributed by atoms with van der Waals surface area (Å²) in [5.41, 5.74) is 6.51. The molecule has 0 saturated heterocycles. The summed E-state index contributed by atoms with van der Waals surface area (Å²) in [5, 5.41) is 5.23. The van der Waals surface area contributed by atoms with Gasteiger partial charge in [0.25, 0.3) is 5.91 Å². The number of aromatic nitrogens is 1. The molecule has 0 radical (unpaired) electrons. The number of methoxy groups -OCH3 is 1. The molecular weight excluding hydrogens is 402 g/mol. The van der Waals surface area contributed by atoms with E-state index in [2.05, 4.69) is 15.5 Å². The number of hydrazone groups is 1. The van der Waals surface area contributed by atoms with Crippen molar-refractivity contribution in [3.8, 4) is 11.5 Å². The minimum Gasteiger partial charge on any atom is -0.497 e. The Bertz CT molecular complexity index is 1240. The third kappa shape index (κ3) is 4.92. The molecule has 1 heterocycles. The second kappa shape index (κ2) is 9.75. The molecule has 4 rings (SSSR count). The van der Waals surface area contributed by atoms with Gasteiger partial charge in [-0.3, -0.25) is 9.78 Å². The van der Waals surface area contributed by atoms with Crippen molar-refractivity contribution in [3.05, 3.63) is 102 Å². The second-order valence-corrected chi connectivity index (χ2v) is 7.18. The lowest BCUT2D eigenvalue weighted by Crippen LogP contribution is -2.19. The number of nitrogens with zero attached hydrogens (tertiary/aromatic N) is 2. The fourth-order valence-corrected chi connectivity index (χ4v) is 3.20. The predicted molar refractivity (Wildman–Crippen MR) is 125 cm³/mol. The van der Waals surface area contributed by atoms with E-state index >= 15 is 0 Å². The highest BCUT2D eigenvalue weighted by atomic mass is 16.5. The van der Waals surface area contributed by atoms with E-state index in [1.165, 1.54) is 0 Å². The number of fused-ring (bicyclic) bond motifs is 1. The van der Waals surface area contributed by atoms with Gasteiger partial charge in [0, 0.05) is 17.1 Å². The highest BCUT2D eigenvalue weighted by molar-refractivity contribution is 6.00. The van der Waals surface area contributed by atoms with Crippen LogP contribution < -0.4 is 14.9 Å². The van der Waals surface area contributed by atoms with Crippen molar-refractivity contribution in [1.82, 2.24) is 10.4 Å². The number of hydrogen-bond acceptors (Lipinski definition) is 5. The van der Waals surface area contributed by atoms with E-state index in [0.717, 1.165) is 33.5 Å². The summed E-state index contributed by atoms with van der Waals surface area (Å²) < 4.78 is 11.1. The Balaban J connectivity index is 1.36. The summed E-state index contributed by atoms with van der Waals surface area (Å²) in [6.45, 7) is 2.22. The van der Waals surface area contributed by atoms with Crippen molar-refractivity contribution in [2.45, 2.75) is 13.5 Å². The molecule has 0 unspecified atom stereocenters. The number of carbonyl (C=O) groups excluding carboxylic acids is 1. The Kier molecular flexibility index (Phi) is 6.41. The lowest BCUT2D eigenvalue weighted by molar-refractivity contribution is 0.0955. The first-order chi connectivity index (χ1) is 15.6. The molecule has 1 aromatic heterocycles. The van der Waals surface area contributed by atoms with Gasteiger partial charge in [-0.1, -0.05) is 30.3 Å². The van der Waals surface area contributed by atoms with Crippen LogP contribution in [0.15, 0.2) is 90.2 Å². The zero-order valence-electron chi connectivity index (χ0n) is 17.9. The van der Waals surface area contributed by atoms with Gasteiger partial charge in [0.1, 0.15) is 23.6 Å². The van der Waals surface area contributed by atoms with Crippen LogP contribution in [0.2, 0.25) is 0 Å². The molecule has 0 atom stereocenters. The number of para-hydroxylation sites is 1.